The van der Waals surface area contributed by atoms with Crippen LogP contribution in [0, 0.1) is 0 Å². The first-order valence-electron chi connectivity index (χ1n) is 7.81. The smallest absolute Gasteiger partial charge is 0.134 e. The second kappa shape index (κ2) is 4.97. The Kier molecular flexibility index (Phi) is 3.08. The van der Waals surface area contributed by atoms with Gasteiger partial charge < -0.3 is 15.7 Å². The molecule has 2 saturated heterocycles. The minimum atomic E-state index is -0.152. The average molecular weight is 283 g/mol. The van der Waals surface area contributed by atoms with Crippen LogP contribution in [0.5, 0.6) is 0 Å². The maximum atomic E-state index is 9.98. The second-order valence-corrected chi connectivity index (χ2v) is 6.29. The third-order valence-corrected chi connectivity index (χ3v) is 4.95. The van der Waals surface area contributed by atoms with Crippen molar-refractivity contribution in [2.45, 2.75) is 50.4 Å². The van der Waals surface area contributed by atoms with Gasteiger partial charge in [0.15, 0.2) is 0 Å². The van der Waals surface area contributed by atoms with Crippen molar-refractivity contribution in [2.24, 2.45) is 5.73 Å². The van der Waals surface area contributed by atoms with Gasteiger partial charge in [-0.3, -0.25) is 0 Å². The summed E-state index contributed by atoms with van der Waals surface area (Å²) in [4.78, 5) is 7.33. The molecule has 1 aromatic carbocycles. The van der Waals surface area contributed by atoms with E-state index in [0.717, 1.165) is 48.0 Å². The molecule has 0 radical (unpaired) electrons. The van der Waals surface area contributed by atoms with E-state index in [1.165, 1.54) is 0 Å². The molecule has 4 nitrogen and oxygen atoms in total. The van der Waals surface area contributed by atoms with Crippen LogP contribution in [0.2, 0.25) is 0 Å². The molecule has 1 aromatic heterocycles. The van der Waals surface area contributed by atoms with E-state index in [1.54, 1.807) is 0 Å². The Bertz CT molecular complexity index is 658. The summed E-state index contributed by atoms with van der Waals surface area (Å²) in [5, 5.41) is 11.1. The SMILES string of the molecule is NCc1cc2ccccc2nc1N1C2CCC1CC(O)C2. The molecule has 2 aliphatic heterocycles. The first-order chi connectivity index (χ1) is 10.3. The number of fused-ring (bicyclic) bond motifs is 3. The first kappa shape index (κ1) is 13.0. The van der Waals surface area contributed by atoms with Crippen LogP contribution in [-0.2, 0) is 6.54 Å². The fraction of sp³-hybridized carbons (Fsp3) is 0.471. The lowest BCUT2D eigenvalue weighted by molar-refractivity contribution is 0.126. The molecule has 4 rings (SSSR count). The minimum Gasteiger partial charge on any atom is -0.393 e. The standard InChI is InChI=1S/C17H21N3O/c18-10-12-7-11-3-1-2-4-16(11)19-17(12)20-13-5-6-14(20)9-15(21)8-13/h1-4,7,13-15,21H,5-6,8-10,18H2. The molecule has 2 unspecified atom stereocenters. The molecule has 4 heteroatoms. The van der Waals surface area contributed by atoms with Crippen LogP contribution in [0.3, 0.4) is 0 Å². The summed E-state index contributed by atoms with van der Waals surface area (Å²) >= 11 is 0. The Morgan fingerprint density at radius 2 is 1.90 bits per heavy atom. The highest BCUT2D eigenvalue weighted by atomic mass is 16.3. The van der Waals surface area contributed by atoms with Gasteiger partial charge in [0, 0.05) is 29.6 Å². The number of aliphatic hydroxyl groups excluding tert-OH is 1. The molecule has 3 heterocycles. The van der Waals surface area contributed by atoms with E-state index in [1.807, 2.05) is 12.1 Å². The number of hydrogen-bond donors (Lipinski definition) is 2. The summed E-state index contributed by atoms with van der Waals surface area (Å²) in [5.74, 6) is 1.04. The summed E-state index contributed by atoms with van der Waals surface area (Å²) in [6.07, 6.45) is 3.87. The number of aliphatic hydroxyl groups is 1. The third kappa shape index (κ3) is 2.10. The van der Waals surface area contributed by atoms with Crippen molar-refractivity contribution in [1.29, 1.82) is 0 Å². The molecular formula is C17H21N3O. The number of pyridine rings is 1. The van der Waals surface area contributed by atoms with Crippen LogP contribution in [0.1, 0.15) is 31.2 Å². The van der Waals surface area contributed by atoms with Crippen LogP contribution in [-0.4, -0.2) is 28.3 Å². The normalized spacial score (nSPS) is 28.3. The molecule has 21 heavy (non-hydrogen) atoms. The van der Waals surface area contributed by atoms with Gasteiger partial charge in [-0.15, -0.1) is 0 Å². The van der Waals surface area contributed by atoms with E-state index < -0.39 is 0 Å². The van der Waals surface area contributed by atoms with E-state index in [9.17, 15) is 5.11 Å². The molecule has 3 N–H and O–H groups in total. The lowest BCUT2D eigenvalue weighted by Crippen LogP contribution is -2.45. The zero-order valence-corrected chi connectivity index (χ0v) is 12.1. The topological polar surface area (TPSA) is 62.4 Å². The van der Waals surface area contributed by atoms with Crippen molar-refractivity contribution in [3.05, 3.63) is 35.9 Å². The highest BCUT2D eigenvalue weighted by Gasteiger charge is 2.41. The van der Waals surface area contributed by atoms with Gasteiger partial charge >= 0.3 is 0 Å². The number of nitrogens with two attached hydrogens (primary N) is 1. The Morgan fingerprint density at radius 3 is 2.62 bits per heavy atom. The Morgan fingerprint density at radius 1 is 1.19 bits per heavy atom. The molecular weight excluding hydrogens is 262 g/mol. The quantitative estimate of drug-likeness (QED) is 0.887. The van der Waals surface area contributed by atoms with Crippen molar-refractivity contribution in [3.63, 3.8) is 0 Å². The number of anilines is 1. The summed E-state index contributed by atoms with van der Waals surface area (Å²) in [6.45, 7) is 0.506. The molecule has 2 bridgehead atoms. The Hall–Kier alpha value is -1.65. The number of aromatic nitrogens is 1. The molecule has 2 fully saturated rings. The van der Waals surface area contributed by atoms with E-state index in [2.05, 4.69) is 23.1 Å². The van der Waals surface area contributed by atoms with Crippen LogP contribution in [0.15, 0.2) is 30.3 Å². The van der Waals surface area contributed by atoms with Gasteiger partial charge in [0.2, 0.25) is 0 Å². The van der Waals surface area contributed by atoms with Crippen molar-refractivity contribution >= 4 is 16.7 Å². The summed E-state index contributed by atoms with van der Waals surface area (Å²) in [5.41, 5.74) is 8.11. The highest BCUT2D eigenvalue weighted by Crippen LogP contribution is 2.40. The second-order valence-electron chi connectivity index (χ2n) is 6.29. The van der Waals surface area contributed by atoms with Gasteiger partial charge in [-0.05, 0) is 37.8 Å². The maximum absolute atomic E-state index is 9.98. The predicted molar refractivity (Wildman–Crippen MR) is 84.2 cm³/mol. The molecule has 0 saturated carbocycles. The molecule has 2 aliphatic rings. The summed E-state index contributed by atoms with van der Waals surface area (Å²) in [6, 6.07) is 11.2. The molecule has 0 amide bonds. The largest absolute Gasteiger partial charge is 0.393 e. The number of benzene rings is 1. The van der Waals surface area contributed by atoms with E-state index in [-0.39, 0.29) is 6.10 Å². The minimum absolute atomic E-state index is 0.152. The fourth-order valence-corrected chi connectivity index (χ4v) is 4.02. The van der Waals surface area contributed by atoms with Crippen molar-refractivity contribution in [2.75, 3.05) is 4.90 Å². The molecule has 0 spiro atoms. The predicted octanol–water partition coefficient (Wildman–Crippen LogP) is 2.19. The fourth-order valence-electron chi connectivity index (χ4n) is 4.02. The van der Waals surface area contributed by atoms with Crippen molar-refractivity contribution in [1.82, 2.24) is 4.98 Å². The van der Waals surface area contributed by atoms with Gasteiger partial charge in [0.05, 0.1) is 11.6 Å². The Labute approximate surface area is 124 Å². The summed E-state index contributed by atoms with van der Waals surface area (Å²) < 4.78 is 0. The first-order valence-corrected chi connectivity index (χ1v) is 7.81. The van der Waals surface area contributed by atoms with Crippen molar-refractivity contribution < 1.29 is 5.11 Å². The number of piperidine rings is 1. The lowest BCUT2D eigenvalue weighted by atomic mass is 9.99. The molecule has 110 valence electrons. The zero-order valence-electron chi connectivity index (χ0n) is 12.1. The average Bonchev–Trinajstić information content (AvgIpc) is 2.77. The van der Waals surface area contributed by atoms with Crippen LogP contribution >= 0.6 is 0 Å². The van der Waals surface area contributed by atoms with Gasteiger partial charge in [0.1, 0.15) is 5.82 Å². The monoisotopic (exact) mass is 283 g/mol. The van der Waals surface area contributed by atoms with Crippen LogP contribution < -0.4 is 10.6 Å². The number of para-hydroxylation sites is 1. The van der Waals surface area contributed by atoms with E-state index >= 15 is 0 Å². The molecule has 0 aliphatic carbocycles. The maximum Gasteiger partial charge on any atom is 0.134 e. The third-order valence-electron chi connectivity index (χ3n) is 4.95. The van der Waals surface area contributed by atoms with Gasteiger partial charge in [-0.25, -0.2) is 4.98 Å². The van der Waals surface area contributed by atoms with Crippen LogP contribution in [0.25, 0.3) is 10.9 Å². The number of hydrogen-bond acceptors (Lipinski definition) is 4. The van der Waals surface area contributed by atoms with Gasteiger partial charge in [-0.2, -0.15) is 0 Å². The van der Waals surface area contributed by atoms with Gasteiger partial charge in [-0.1, -0.05) is 18.2 Å². The van der Waals surface area contributed by atoms with Gasteiger partial charge in [0.25, 0.3) is 0 Å². The highest BCUT2D eigenvalue weighted by molar-refractivity contribution is 5.82. The number of rotatable bonds is 2. The van der Waals surface area contributed by atoms with E-state index in [0.29, 0.717) is 18.6 Å². The number of nitrogens with zero attached hydrogens (tertiary/aromatic N) is 2. The zero-order chi connectivity index (χ0) is 14.4. The van der Waals surface area contributed by atoms with Crippen LogP contribution in [0.4, 0.5) is 5.82 Å². The van der Waals surface area contributed by atoms with Crippen molar-refractivity contribution in [3.8, 4) is 0 Å². The Balaban J connectivity index is 1.82. The van der Waals surface area contributed by atoms with E-state index in [4.69, 9.17) is 10.7 Å². The molecule has 2 atom stereocenters. The molecule has 2 aromatic rings. The summed E-state index contributed by atoms with van der Waals surface area (Å²) in [7, 11) is 0. The lowest BCUT2D eigenvalue weighted by Gasteiger charge is -2.39.